The van der Waals surface area contributed by atoms with Crippen LogP contribution in [-0.2, 0) is 14.3 Å². The second kappa shape index (κ2) is 8.88. The SMILES string of the molecule is Cc1ccc(C(=O)OCC(=O)NCC(=O)Nc2ccc(F)c(F)c2)cc1C. The Hall–Kier alpha value is -3.29. The Labute approximate surface area is 154 Å². The molecule has 0 heterocycles. The van der Waals surface area contributed by atoms with Crippen LogP contribution in [0.1, 0.15) is 21.5 Å². The second-order valence-electron chi connectivity index (χ2n) is 5.83. The second-order valence-corrected chi connectivity index (χ2v) is 5.83. The van der Waals surface area contributed by atoms with Crippen LogP contribution >= 0.6 is 0 Å². The highest BCUT2D eigenvalue weighted by atomic mass is 19.2. The highest BCUT2D eigenvalue weighted by molar-refractivity contribution is 5.95. The van der Waals surface area contributed by atoms with Gasteiger partial charge in [-0.1, -0.05) is 6.07 Å². The van der Waals surface area contributed by atoms with E-state index in [4.69, 9.17) is 4.74 Å². The lowest BCUT2D eigenvalue weighted by molar-refractivity contribution is -0.126. The van der Waals surface area contributed by atoms with Crippen molar-refractivity contribution in [2.45, 2.75) is 13.8 Å². The van der Waals surface area contributed by atoms with Crippen molar-refractivity contribution >= 4 is 23.5 Å². The van der Waals surface area contributed by atoms with Crippen LogP contribution in [0, 0.1) is 25.5 Å². The lowest BCUT2D eigenvalue weighted by Gasteiger charge is -2.08. The van der Waals surface area contributed by atoms with Gasteiger partial charge in [-0.25, -0.2) is 13.6 Å². The minimum atomic E-state index is -1.10. The maximum atomic E-state index is 13.1. The largest absolute Gasteiger partial charge is 0.452 e. The number of nitrogens with one attached hydrogen (secondary N) is 2. The molecule has 2 N–H and O–H groups in total. The number of esters is 1. The number of aryl methyl sites for hydroxylation is 2. The fourth-order valence-corrected chi connectivity index (χ4v) is 2.09. The topological polar surface area (TPSA) is 84.5 Å². The zero-order valence-electron chi connectivity index (χ0n) is 14.8. The van der Waals surface area contributed by atoms with Crippen LogP contribution in [0.25, 0.3) is 0 Å². The summed E-state index contributed by atoms with van der Waals surface area (Å²) < 4.78 is 30.8. The molecule has 142 valence electrons. The van der Waals surface area contributed by atoms with Gasteiger partial charge < -0.3 is 15.4 Å². The molecular weight excluding hydrogens is 358 g/mol. The summed E-state index contributed by atoms with van der Waals surface area (Å²) in [7, 11) is 0. The maximum absolute atomic E-state index is 13.1. The predicted octanol–water partition coefficient (Wildman–Crippen LogP) is 2.49. The summed E-state index contributed by atoms with van der Waals surface area (Å²) in [4.78, 5) is 35.3. The summed E-state index contributed by atoms with van der Waals surface area (Å²) in [6.07, 6.45) is 0. The number of rotatable bonds is 6. The van der Waals surface area contributed by atoms with Crippen LogP contribution in [0.5, 0.6) is 0 Å². The number of amides is 2. The molecule has 0 bridgehead atoms. The van der Waals surface area contributed by atoms with E-state index in [0.717, 1.165) is 23.3 Å². The number of hydrogen-bond donors (Lipinski definition) is 2. The number of carbonyl (C=O) groups is 3. The van der Waals surface area contributed by atoms with Crippen LogP contribution in [0.4, 0.5) is 14.5 Å². The van der Waals surface area contributed by atoms with Crippen molar-refractivity contribution in [1.29, 1.82) is 0 Å². The van der Waals surface area contributed by atoms with Crippen molar-refractivity contribution in [3.8, 4) is 0 Å². The third kappa shape index (κ3) is 5.88. The van der Waals surface area contributed by atoms with Gasteiger partial charge in [-0.05, 0) is 49.2 Å². The van der Waals surface area contributed by atoms with Gasteiger partial charge in [0.05, 0.1) is 12.1 Å². The fraction of sp³-hybridized carbons (Fsp3) is 0.211. The Bertz CT molecular complexity index is 884. The minimum absolute atomic E-state index is 0.0503. The zero-order chi connectivity index (χ0) is 20.0. The van der Waals surface area contributed by atoms with Gasteiger partial charge in [-0.3, -0.25) is 9.59 Å². The van der Waals surface area contributed by atoms with Crippen molar-refractivity contribution in [1.82, 2.24) is 5.32 Å². The van der Waals surface area contributed by atoms with Crippen molar-refractivity contribution < 1.29 is 27.9 Å². The summed E-state index contributed by atoms with van der Waals surface area (Å²) in [5.41, 5.74) is 2.32. The summed E-state index contributed by atoms with van der Waals surface area (Å²) in [5.74, 6) is -4.11. The fourth-order valence-electron chi connectivity index (χ4n) is 2.09. The number of anilines is 1. The molecule has 0 aliphatic rings. The van der Waals surface area contributed by atoms with E-state index >= 15 is 0 Å². The summed E-state index contributed by atoms with van der Waals surface area (Å²) in [6.45, 7) is 2.79. The molecule has 0 saturated carbocycles. The van der Waals surface area contributed by atoms with Gasteiger partial charge in [0.1, 0.15) is 0 Å². The Kier molecular flexibility index (Phi) is 6.59. The van der Waals surface area contributed by atoms with Crippen molar-refractivity contribution in [3.05, 3.63) is 64.7 Å². The Morgan fingerprint density at radius 3 is 2.33 bits per heavy atom. The Morgan fingerprint density at radius 1 is 0.926 bits per heavy atom. The van der Waals surface area contributed by atoms with E-state index < -0.39 is 42.6 Å². The highest BCUT2D eigenvalue weighted by Crippen LogP contribution is 2.13. The number of carbonyl (C=O) groups excluding carboxylic acids is 3. The Morgan fingerprint density at radius 2 is 1.67 bits per heavy atom. The van der Waals surface area contributed by atoms with Gasteiger partial charge in [0, 0.05) is 11.8 Å². The predicted molar refractivity (Wildman–Crippen MR) is 94.2 cm³/mol. The molecule has 0 radical (unpaired) electrons. The smallest absolute Gasteiger partial charge is 0.338 e. The monoisotopic (exact) mass is 376 g/mol. The molecule has 0 aliphatic carbocycles. The normalized spacial score (nSPS) is 10.2. The third-order valence-corrected chi connectivity index (χ3v) is 3.73. The first-order chi connectivity index (χ1) is 12.8. The molecule has 8 heteroatoms. The maximum Gasteiger partial charge on any atom is 0.338 e. The Balaban J connectivity index is 1.76. The van der Waals surface area contributed by atoms with E-state index in [2.05, 4.69) is 10.6 Å². The van der Waals surface area contributed by atoms with E-state index in [1.54, 1.807) is 18.2 Å². The molecule has 0 unspecified atom stereocenters. The minimum Gasteiger partial charge on any atom is -0.452 e. The first-order valence-electron chi connectivity index (χ1n) is 8.02. The molecule has 27 heavy (non-hydrogen) atoms. The lowest BCUT2D eigenvalue weighted by Crippen LogP contribution is -2.35. The number of hydrogen-bond acceptors (Lipinski definition) is 4. The van der Waals surface area contributed by atoms with Crippen LogP contribution in [-0.4, -0.2) is 30.9 Å². The molecular formula is C19H18F2N2O4. The van der Waals surface area contributed by atoms with Gasteiger partial charge in [0.25, 0.3) is 5.91 Å². The molecule has 0 fully saturated rings. The van der Waals surface area contributed by atoms with Crippen LogP contribution in [0.2, 0.25) is 0 Å². The van der Waals surface area contributed by atoms with Crippen molar-refractivity contribution in [3.63, 3.8) is 0 Å². The molecule has 0 aliphatic heterocycles. The zero-order valence-corrected chi connectivity index (χ0v) is 14.8. The van der Waals surface area contributed by atoms with Crippen LogP contribution in [0.15, 0.2) is 36.4 Å². The summed E-state index contributed by atoms with van der Waals surface area (Å²) in [6, 6.07) is 7.90. The molecule has 0 spiro atoms. The van der Waals surface area contributed by atoms with Gasteiger partial charge in [-0.2, -0.15) is 0 Å². The number of ether oxygens (including phenoxy) is 1. The number of benzene rings is 2. The standard InChI is InChI=1S/C19H18F2N2O4/c1-11-3-4-13(7-12(11)2)19(26)27-10-18(25)22-9-17(24)23-14-5-6-15(20)16(21)8-14/h3-8H,9-10H2,1-2H3,(H,22,25)(H,23,24). The third-order valence-electron chi connectivity index (χ3n) is 3.73. The van der Waals surface area contributed by atoms with E-state index in [0.29, 0.717) is 5.56 Å². The highest BCUT2D eigenvalue weighted by Gasteiger charge is 2.12. The molecule has 2 amide bonds. The van der Waals surface area contributed by atoms with Gasteiger partial charge in [0.2, 0.25) is 5.91 Å². The molecule has 0 atom stereocenters. The van der Waals surface area contributed by atoms with E-state index in [1.165, 1.54) is 6.07 Å². The van der Waals surface area contributed by atoms with Crippen molar-refractivity contribution in [2.24, 2.45) is 0 Å². The van der Waals surface area contributed by atoms with E-state index in [9.17, 15) is 23.2 Å². The average Bonchev–Trinajstić information content (AvgIpc) is 2.63. The van der Waals surface area contributed by atoms with Crippen molar-refractivity contribution in [2.75, 3.05) is 18.5 Å². The summed E-state index contributed by atoms with van der Waals surface area (Å²) in [5, 5.41) is 4.56. The molecule has 2 aromatic carbocycles. The average molecular weight is 376 g/mol. The molecule has 2 rings (SSSR count). The van der Waals surface area contributed by atoms with Crippen LogP contribution < -0.4 is 10.6 Å². The van der Waals surface area contributed by atoms with Gasteiger partial charge >= 0.3 is 5.97 Å². The lowest BCUT2D eigenvalue weighted by atomic mass is 10.1. The van der Waals surface area contributed by atoms with E-state index in [-0.39, 0.29) is 5.69 Å². The van der Waals surface area contributed by atoms with Crippen LogP contribution in [0.3, 0.4) is 0 Å². The molecule has 6 nitrogen and oxygen atoms in total. The first-order valence-corrected chi connectivity index (χ1v) is 8.02. The van der Waals surface area contributed by atoms with Gasteiger partial charge in [-0.15, -0.1) is 0 Å². The molecule has 2 aromatic rings. The summed E-state index contributed by atoms with van der Waals surface area (Å²) >= 11 is 0. The van der Waals surface area contributed by atoms with Gasteiger partial charge in [0.15, 0.2) is 18.2 Å². The first kappa shape index (κ1) is 20.0. The number of halogens is 2. The molecule has 0 saturated heterocycles. The quantitative estimate of drug-likeness (QED) is 0.759. The van der Waals surface area contributed by atoms with E-state index in [1.807, 2.05) is 13.8 Å². The molecule has 0 aromatic heterocycles.